The topological polar surface area (TPSA) is 46.2 Å². The van der Waals surface area contributed by atoms with E-state index in [9.17, 15) is 5.11 Å². The average molecular weight is 177 g/mol. The molecule has 2 atom stereocenters. The second-order valence-corrected chi connectivity index (χ2v) is 3.64. The standard InChI is InChI=1S/C11H15NO/c1-2-7-4-3-5-8-6-9(13)11(12)10(7)8/h3-5,9,11,13H,2,6,12H2,1H3/t9-,11-/m0/s1. The zero-order valence-corrected chi connectivity index (χ0v) is 7.83. The third-order valence-corrected chi connectivity index (χ3v) is 2.84. The minimum absolute atomic E-state index is 0.175. The van der Waals surface area contributed by atoms with Gasteiger partial charge in [0.2, 0.25) is 0 Å². The number of benzene rings is 1. The smallest absolute Gasteiger partial charge is 0.0773 e. The van der Waals surface area contributed by atoms with E-state index in [2.05, 4.69) is 19.1 Å². The summed E-state index contributed by atoms with van der Waals surface area (Å²) in [5.41, 5.74) is 9.60. The summed E-state index contributed by atoms with van der Waals surface area (Å²) in [5.74, 6) is 0. The molecular weight excluding hydrogens is 162 g/mol. The van der Waals surface area contributed by atoms with Crippen molar-refractivity contribution in [2.45, 2.75) is 31.9 Å². The Hall–Kier alpha value is -0.860. The van der Waals surface area contributed by atoms with Crippen LogP contribution < -0.4 is 5.73 Å². The van der Waals surface area contributed by atoms with Crippen LogP contribution in [-0.4, -0.2) is 11.2 Å². The lowest BCUT2D eigenvalue weighted by Crippen LogP contribution is -2.21. The molecule has 0 bridgehead atoms. The van der Waals surface area contributed by atoms with Gasteiger partial charge in [0.25, 0.3) is 0 Å². The first-order chi connectivity index (χ1) is 6.24. The van der Waals surface area contributed by atoms with E-state index in [1.165, 1.54) is 16.7 Å². The van der Waals surface area contributed by atoms with E-state index in [4.69, 9.17) is 5.73 Å². The third kappa shape index (κ3) is 1.26. The molecule has 0 aliphatic heterocycles. The van der Waals surface area contributed by atoms with Crippen molar-refractivity contribution in [3.63, 3.8) is 0 Å². The quantitative estimate of drug-likeness (QED) is 0.676. The highest BCUT2D eigenvalue weighted by molar-refractivity contribution is 5.42. The van der Waals surface area contributed by atoms with Gasteiger partial charge >= 0.3 is 0 Å². The van der Waals surface area contributed by atoms with Crippen LogP contribution in [0.4, 0.5) is 0 Å². The monoisotopic (exact) mass is 177 g/mol. The number of nitrogens with two attached hydrogens (primary N) is 1. The van der Waals surface area contributed by atoms with Crippen LogP contribution in [0.1, 0.15) is 29.7 Å². The van der Waals surface area contributed by atoms with E-state index < -0.39 is 0 Å². The predicted octanol–water partition coefficient (Wildman–Crippen LogP) is 1.17. The maximum atomic E-state index is 9.61. The fraction of sp³-hybridized carbons (Fsp3) is 0.455. The van der Waals surface area contributed by atoms with Gasteiger partial charge in [-0.05, 0) is 23.1 Å². The van der Waals surface area contributed by atoms with Gasteiger partial charge in [-0.2, -0.15) is 0 Å². The van der Waals surface area contributed by atoms with Gasteiger partial charge < -0.3 is 10.8 Å². The number of rotatable bonds is 1. The molecule has 3 N–H and O–H groups in total. The van der Waals surface area contributed by atoms with E-state index in [0.29, 0.717) is 6.42 Å². The minimum Gasteiger partial charge on any atom is -0.391 e. The van der Waals surface area contributed by atoms with Crippen LogP contribution in [-0.2, 0) is 12.8 Å². The van der Waals surface area contributed by atoms with E-state index in [1.54, 1.807) is 0 Å². The van der Waals surface area contributed by atoms with Gasteiger partial charge in [0.15, 0.2) is 0 Å². The second-order valence-electron chi connectivity index (χ2n) is 3.64. The van der Waals surface area contributed by atoms with Crippen molar-refractivity contribution >= 4 is 0 Å². The first kappa shape index (κ1) is 8.73. The SMILES string of the molecule is CCc1cccc2c1[C@@H](N)[C@@H](O)C2. The molecule has 70 valence electrons. The molecule has 0 heterocycles. The number of aliphatic hydroxyl groups is 1. The van der Waals surface area contributed by atoms with Crippen molar-refractivity contribution in [1.29, 1.82) is 0 Å². The Balaban J connectivity index is 2.51. The Morgan fingerprint density at radius 2 is 2.31 bits per heavy atom. The van der Waals surface area contributed by atoms with Gasteiger partial charge in [0, 0.05) is 6.42 Å². The molecule has 0 aromatic heterocycles. The molecule has 0 saturated heterocycles. The van der Waals surface area contributed by atoms with Crippen molar-refractivity contribution < 1.29 is 5.11 Å². The lowest BCUT2D eigenvalue weighted by Gasteiger charge is -2.12. The van der Waals surface area contributed by atoms with E-state index in [1.807, 2.05) is 6.07 Å². The van der Waals surface area contributed by atoms with E-state index >= 15 is 0 Å². The number of hydrogen-bond donors (Lipinski definition) is 2. The lowest BCUT2D eigenvalue weighted by molar-refractivity contribution is 0.158. The highest BCUT2D eigenvalue weighted by Gasteiger charge is 2.29. The Bertz CT molecular complexity index is 322. The average Bonchev–Trinajstić information content (AvgIpc) is 2.43. The number of aryl methyl sites for hydroxylation is 1. The van der Waals surface area contributed by atoms with Gasteiger partial charge in [-0.3, -0.25) is 0 Å². The molecule has 13 heavy (non-hydrogen) atoms. The van der Waals surface area contributed by atoms with Crippen LogP contribution in [0, 0.1) is 0 Å². The maximum Gasteiger partial charge on any atom is 0.0773 e. The molecule has 1 aromatic rings. The second kappa shape index (κ2) is 3.13. The largest absolute Gasteiger partial charge is 0.391 e. The third-order valence-electron chi connectivity index (χ3n) is 2.84. The molecular formula is C11H15NO. The molecule has 2 rings (SSSR count). The first-order valence-electron chi connectivity index (χ1n) is 4.78. The van der Waals surface area contributed by atoms with Crippen LogP contribution in [0.15, 0.2) is 18.2 Å². The Morgan fingerprint density at radius 3 is 3.00 bits per heavy atom. The summed E-state index contributed by atoms with van der Waals surface area (Å²) in [6, 6.07) is 6.02. The van der Waals surface area contributed by atoms with Crippen LogP contribution in [0.2, 0.25) is 0 Å². The molecule has 0 fully saturated rings. The zero-order valence-electron chi connectivity index (χ0n) is 7.83. The number of aliphatic hydroxyl groups excluding tert-OH is 1. The summed E-state index contributed by atoms with van der Waals surface area (Å²) in [5, 5.41) is 9.61. The fourth-order valence-corrected chi connectivity index (χ4v) is 2.13. The van der Waals surface area contributed by atoms with E-state index in [-0.39, 0.29) is 12.1 Å². The van der Waals surface area contributed by atoms with Gasteiger partial charge in [0.05, 0.1) is 12.1 Å². The van der Waals surface area contributed by atoms with Crippen molar-refractivity contribution in [2.24, 2.45) is 5.73 Å². The molecule has 2 heteroatoms. The Labute approximate surface area is 78.4 Å². The predicted molar refractivity (Wildman–Crippen MR) is 52.5 cm³/mol. The van der Waals surface area contributed by atoms with Gasteiger partial charge in [-0.1, -0.05) is 25.1 Å². The van der Waals surface area contributed by atoms with E-state index in [0.717, 1.165) is 6.42 Å². The fourth-order valence-electron chi connectivity index (χ4n) is 2.13. The normalized spacial score (nSPS) is 26.1. The molecule has 0 amide bonds. The van der Waals surface area contributed by atoms with Crippen LogP contribution >= 0.6 is 0 Å². The van der Waals surface area contributed by atoms with Crippen molar-refractivity contribution in [3.8, 4) is 0 Å². The molecule has 0 radical (unpaired) electrons. The van der Waals surface area contributed by atoms with Gasteiger partial charge in [-0.25, -0.2) is 0 Å². The molecule has 0 spiro atoms. The summed E-state index contributed by atoms with van der Waals surface area (Å²) >= 11 is 0. The molecule has 1 aromatic carbocycles. The zero-order chi connectivity index (χ0) is 9.42. The minimum atomic E-state index is -0.386. The summed E-state index contributed by atoms with van der Waals surface area (Å²) in [4.78, 5) is 0. The van der Waals surface area contributed by atoms with Gasteiger partial charge in [0.1, 0.15) is 0 Å². The number of fused-ring (bicyclic) bond motifs is 1. The van der Waals surface area contributed by atoms with Crippen molar-refractivity contribution in [3.05, 3.63) is 34.9 Å². The van der Waals surface area contributed by atoms with Crippen molar-refractivity contribution in [2.75, 3.05) is 0 Å². The van der Waals surface area contributed by atoms with Gasteiger partial charge in [-0.15, -0.1) is 0 Å². The summed E-state index contributed by atoms with van der Waals surface area (Å²) in [6.45, 7) is 2.12. The Morgan fingerprint density at radius 1 is 1.54 bits per heavy atom. The van der Waals surface area contributed by atoms with Crippen LogP contribution in [0.25, 0.3) is 0 Å². The Kier molecular flexibility index (Phi) is 2.10. The lowest BCUT2D eigenvalue weighted by atomic mass is 9.99. The van der Waals surface area contributed by atoms with Crippen LogP contribution in [0.3, 0.4) is 0 Å². The molecule has 0 unspecified atom stereocenters. The first-order valence-corrected chi connectivity index (χ1v) is 4.78. The summed E-state index contributed by atoms with van der Waals surface area (Å²) in [6.07, 6.45) is 1.32. The molecule has 1 aliphatic carbocycles. The molecule has 2 nitrogen and oxygen atoms in total. The maximum absolute atomic E-state index is 9.61. The highest BCUT2D eigenvalue weighted by atomic mass is 16.3. The van der Waals surface area contributed by atoms with Crippen molar-refractivity contribution in [1.82, 2.24) is 0 Å². The summed E-state index contributed by atoms with van der Waals surface area (Å²) < 4.78 is 0. The van der Waals surface area contributed by atoms with Crippen LogP contribution in [0.5, 0.6) is 0 Å². The number of hydrogen-bond acceptors (Lipinski definition) is 2. The highest BCUT2D eigenvalue weighted by Crippen LogP contribution is 2.32. The molecule has 0 saturated carbocycles. The summed E-state index contributed by atoms with van der Waals surface area (Å²) in [7, 11) is 0. The molecule has 1 aliphatic rings.